The summed E-state index contributed by atoms with van der Waals surface area (Å²) in [6, 6.07) is 5.90. The molecule has 0 bridgehead atoms. The van der Waals surface area contributed by atoms with Gasteiger partial charge in [0.25, 0.3) is 0 Å². The molecule has 0 amide bonds. The minimum absolute atomic E-state index is 0.236. The maximum Gasteiger partial charge on any atom is 0.472 e. The number of halogens is 1. The molecule has 0 radical (unpaired) electrons. The number of aromatic nitrogens is 4. The van der Waals surface area contributed by atoms with Crippen LogP contribution in [0.5, 0.6) is 0 Å². The van der Waals surface area contributed by atoms with Crippen molar-refractivity contribution in [3.8, 4) is 0 Å². The SMILES string of the molecule is O=P(O)(O)O[C@@H]1O[C@H](n2cnc3c(NCc4ccc(F)cc4)ncnc32)[C@H](O)[C@@H]1O. The zero-order chi connectivity index (χ0) is 21.5. The fourth-order valence-electron chi connectivity index (χ4n) is 3.04. The summed E-state index contributed by atoms with van der Waals surface area (Å²) < 4.78 is 35.0. The summed E-state index contributed by atoms with van der Waals surface area (Å²) in [7, 11) is -4.96. The number of benzene rings is 1. The van der Waals surface area contributed by atoms with Gasteiger partial charge in [-0.1, -0.05) is 12.1 Å². The van der Waals surface area contributed by atoms with Gasteiger partial charge in [-0.2, -0.15) is 0 Å². The van der Waals surface area contributed by atoms with Crippen LogP contribution in [0.15, 0.2) is 36.9 Å². The first-order valence-corrected chi connectivity index (χ1v) is 10.2. The van der Waals surface area contributed by atoms with Crippen molar-refractivity contribution >= 4 is 24.8 Å². The molecule has 12 nitrogen and oxygen atoms in total. The van der Waals surface area contributed by atoms with E-state index in [0.717, 1.165) is 5.56 Å². The number of imidazole rings is 1. The first-order chi connectivity index (χ1) is 14.2. The standard InChI is InChI=1S/C16H17FN5O7P/c17-9-3-1-8(2-4-9)5-18-13-10-14(20-6-19-13)22(7-21-10)15-11(23)12(24)16(28-15)29-30(25,26)27/h1-4,6-7,11-12,15-16,23-24H,5H2,(H,18,19,20)(H2,25,26,27)/t11-,12+,15+,16+/m1/s1. The minimum atomic E-state index is -4.96. The van der Waals surface area contributed by atoms with Crippen LogP contribution in [-0.2, 0) is 20.4 Å². The third-order valence-corrected chi connectivity index (χ3v) is 4.92. The summed E-state index contributed by atoms with van der Waals surface area (Å²) in [5.41, 5.74) is 1.36. The number of hydrogen-bond acceptors (Lipinski definition) is 9. The number of rotatable bonds is 6. The van der Waals surface area contributed by atoms with E-state index in [1.807, 2.05) is 0 Å². The van der Waals surface area contributed by atoms with E-state index in [1.165, 1.54) is 29.4 Å². The number of aliphatic hydroxyl groups excluding tert-OH is 2. The van der Waals surface area contributed by atoms with Gasteiger partial charge in [0.2, 0.25) is 0 Å². The number of aliphatic hydroxyl groups is 2. The van der Waals surface area contributed by atoms with E-state index in [0.29, 0.717) is 17.9 Å². The van der Waals surface area contributed by atoms with Crippen molar-refractivity contribution in [3.63, 3.8) is 0 Å². The molecule has 5 N–H and O–H groups in total. The molecule has 4 rings (SSSR count). The summed E-state index contributed by atoms with van der Waals surface area (Å²) in [6.45, 7) is 0.332. The fourth-order valence-corrected chi connectivity index (χ4v) is 3.48. The summed E-state index contributed by atoms with van der Waals surface area (Å²) in [5.74, 6) is 0.0133. The van der Waals surface area contributed by atoms with E-state index < -0.39 is 32.5 Å². The highest BCUT2D eigenvalue weighted by atomic mass is 31.2. The molecule has 3 heterocycles. The Morgan fingerprint density at radius 3 is 2.60 bits per heavy atom. The van der Waals surface area contributed by atoms with Crippen molar-refractivity contribution in [1.82, 2.24) is 19.5 Å². The van der Waals surface area contributed by atoms with Crippen molar-refractivity contribution in [2.24, 2.45) is 0 Å². The zero-order valence-electron chi connectivity index (χ0n) is 15.1. The molecule has 0 unspecified atom stereocenters. The first-order valence-electron chi connectivity index (χ1n) is 8.64. The van der Waals surface area contributed by atoms with Crippen molar-refractivity contribution in [2.75, 3.05) is 5.32 Å². The van der Waals surface area contributed by atoms with Gasteiger partial charge in [-0.15, -0.1) is 0 Å². The Labute approximate surface area is 168 Å². The molecule has 3 aromatic rings. The van der Waals surface area contributed by atoms with Crippen molar-refractivity contribution in [2.45, 2.75) is 31.3 Å². The van der Waals surface area contributed by atoms with Gasteiger partial charge in [-0.3, -0.25) is 9.09 Å². The molecule has 0 aliphatic carbocycles. The minimum Gasteiger partial charge on any atom is -0.385 e. The first kappa shape index (κ1) is 20.8. The highest BCUT2D eigenvalue weighted by molar-refractivity contribution is 7.46. The monoisotopic (exact) mass is 441 g/mol. The number of nitrogens with zero attached hydrogens (tertiary/aromatic N) is 4. The summed E-state index contributed by atoms with van der Waals surface area (Å²) in [4.78, 5) is 30.3. The molecule has 1 fully saturated rings. The Kier molecular flexibility index (Phi) is 5.51. The predicted octanol–water partition coefficient (Wildman–Crippen LogP) is 0.263. The van der Waals surface area contributed by atoms with Crippen LogP contribution < -0.4 is 5.32 Å². The number of hydrogen-bond donors (Lipinski definition) is 5. The average molecular weight is 441 g/mol. The van der Waals surface area contributed by atoms with E-state index in [-0.39, 0.29) is 11.5 Å². The molecule has 1 aliphatic heterocycles. The quantitative estimate of drug-likeness (QED) is 0.332. The number of phosphoric acid groups is 1. The van der Waals surface area contributed by atoms with Gasteiger partial charge in [-0.05, 0) is 17.7 Å². The Bertz CT molecular complexity index is 1090. The third kappa shape index (κ3) is 4.18. The maximum atomic E-state index is 13.0. The van der Waals surface area contributed by atoms with Crippen LogP contribution in [-0.4, -0.2) is 58.0 Å². The van der Waals surface area contributed by atoms with Crippen molar-refractivity contribution in [1.29, 1.82) is 0 Å². The van der Waals surface area contributed by atoms with E-state index >= 15 is 0 Å². The molecule has 0 spiro atoms. The summed E-state index contributed by atoms with van der Waals surface area (Å²) >= 11 is 0. The number of nitrogens with one attached hydrogen (secondary N) is 1. The lowest BCUT2D eigenvalue weighted by atomic mass is 10.2. The normalized spacial score (nSPS) is 24.4. The van der Waals surface area contributed by atoms with Gasteiger partial charge in [-0.25, -0.2) is 23.9 Å². The Morgan fingerprint density at radius 2 is 1.90 bits per heavy atom. The Balaban J connectivity index is 1.57. The highest BCUT2D eigenvalue weighted by Crippen LogP contribution is 2.43. The van der Waals surface area contributed by atoms with Gasteiger partial charge in [0.15, 0.2) is 29.5 Å². The van der Waals surface area contributed by atoms with E-state index in [9.17, 15) is 19.2 Å². The van der Waals surface area contributed by atoms with E-state index in [2.05, 4.69) is 24.8 Å². The number of phosphoric ester groups is 1. The summed E-state index contributed by atoms with van der Waals surface area (Å²) in [6.07, 6.45) is -3.76. The molecule has 4 atom stereocenters. The molecule has 160 valence electrons. The second-order valence-electron chi connectivity index (χ2n) is 6.50. The summed E-state index contributed by atoms with van der Waals surface area (Å²) in [5, 5.41) is 23.3. The van der Waals surface area contributed by atoms with Crippen LogP contribution in [0.25, 0.3) is 11.2 Å². The molecular weight excluding hydrogens is 424 g/mol. The fraction of sp³-hybridized carbons (Fsp3) is 0.312. The van der Waals surface area contributed by atoms with Gasteiger partial charge >= 0.3 is 7.82 Å². The molecule has 14 heteroatoms. The van der Waals surface area contributed by atoms with Gasteiger partial charge < -0.3 is 30.1 Å². The van der Waals surface area contributed by atoms with Gasteiger partial charge in [0.1, 0.15) is 24.4 Å². The lowest BCUT2D eigenvalue weighted by molar-refractivity contribution is -0.134. The number of ether oxygens (including phenoxy) is 1. The van der Waals surface area contributed by atoms with Crippen molar-refractivity contribution < 1.29 is 38.2 Å². The predicted molar refractivity (Wildman–Crippen MR) is 98.1 cm³/mol. The van der Waals surface area contributed by atoms with E-state index in [1.54, 1.807) is 12.1 Å². The molecule has 30 heavy (non-hydrogen) atoms. The van der Waals surface area contributed by atoms with Crippen molar-refractivity contribution in [3.05, 3.63) is 48.3 Å². The van der Waals surface area contributed by atoms with Crippen LogP contribution >= 0.6 is 7.82 Å². The van der Waals surface area contributed by atoms with Crippen LogP contribution in [0.1, 0.15) is 11.8 Å². The zero-order valence-corrected chi connectivity index (χ0v) is 16.0. The second-order valence-corrected chi connectivity index (χ2v) is 7.69. The number of fused-ring (bicyclic) bond motifs is 1. The van der Waals surface area contributed by atoms with E-state index in [4.69, 9.17) is 14.5 Å². The van der Waals surface area contributed by atoms with Crippen LogP contribution in [0.4, 0.5) is 10.2 Å². The topological polar surface area (TPSA) is 172 Å². The molecular formula is C16H17FN5O7P. The lowest BCUT2D eigenvalue weighted by Gasteiger charge is -2.16. The van der Waals surface area contributed by atoms with Crippen LogP contribution in [0, 0.1) is 5.82 Å². The Hall–Kier alpha value is -2.51. The molecule has 1 saturated heterocycles. The molecule has 2 aromatic heterocycles. The average Bonchev–Trinajstić information content (AvgIpc) is 3.23. The van der Waals surface area contributed by atoms with Crippen LogP contribution in [0.3, 0.4) is 0 Å². The number of anilines is 1. The lowest BCUT2D eigenvalue weighted by Crippen LogP contribution is -2.32. The largest absolute Gasteiger partial charge is 0.472 e. The third-order valence-electron chi connectivity index (χ3n) is 4.44. The Morgan fingerprint density at radius 1 is 1.17 bits per heavy atom. The van der Waals surface area contributed by atoms with Gasteiger partial charge in [0.05, 0.1) is 6.33 Å². The highest BCUT2D eigenvalue weighted by Gasteiger charge is 2.47. The van der Waals surface area contributed by atoms with Crippen LogP contribution in [0.2, 0.25) is 0 Å². The molecule has 1 aromatic carbocycles. The molecule has 1 aliphatic rings. The van der Waals surface area contributed by atoms with Gasteiger partial charge in [0, 0.05) is 6.54 Å². The second kappa shape index (κ2) is 7.96. The molecule has 0 saturated carbocycles. The smallest absolute Gasteiger partial charge is 0.385 e. The maximum absolute atomic E-state index is 13.0.